The van der Waals surface area contributed by atoms with Gasteiger partial charge in [-0.15, -0.1) is 0 Å². The van der Waals surface area contributed by atoms with Crippen LogP contribution in [0.3, 0.4) is 0 Å². The van der Waals surface area contributed by atoms with Crippen molar-refractivity contribution in [3.05, 3.63) is 30.3 Å². The van der Waals surface area contributed by atoms with Gasteiger partial charge in [0.1, 0.15) is 11.4 Å². The largest absolute Gasteiger partial charge is 0.496 e. The number of ether oxygens (including phenoxy) is 2. The first-order valence-electron chi connectivity index (χ1n) is 5.66. The molecule has 0 saturated heterocycles. The van der Waals surface area contributed by atoms with Gasteiger partial charge in [-0.2, -0.15) is 0 Å². The summed E-state index contributed by atoms with van der Waals surface area (Å²) in [5.41, 5.74) is 0.967. The van der Waals surface area contributed by atoms with Crippen LogP contribution in [0.2, 0.25) is 0 Å². The van der Waals surface area contributed by atoms with Crippen LogP contribution in [0.5, 0.6) is 5.75 Å². The van der Waals surface area contributed by atoms with E-state index < -0.39 is 11.7 Å². The molecule has 1 aromatic rings. The second-order valence-corrected chi connectivity index (χ2v) is 4.79. The highest BCUT2D eigenvalue weighted by Crippen LogP contribution is 2.24. The van der Waals surface area contributed by atoms with Gasteiger partial charge in [-0.25, -0.2) is 4.79 Å². The van der Waals surface area contributed by atoms with E-state index in [0.29, 0.717) is 11.4 Å². The lowest BCUT2D eigenvalue weighted by molar-refractivity contribution is 0.0636. The zero-order valence-electron chi connectivity index (χ0n) is 11.2. The molecule has 0 aliphatic rings. The standard InChI is InChI=1S/C14H19NO3/c1-6-10-7-8-11(9-12(10)17-5)15-13(16)18-14(2,3)4/h6-9H,1H2,2-5H3,(H,15,16). The number of carbonyl (C=O) groups is 1. The van der Waals surface area contributed by atoms with Crippen molar-refractivity contribution < 1.29 is 14.3 Å². The number of anilines is 1. The molecule has 1 N–H and O–H groups in total. The minimum Gasteiger partial charge on any atom is -0.496 e. The minimum atomic E-state index is -0.519. The number of nitrogens with one attached hydrogen (secondary N) is 1. The van der Waals surface area contributed by atoms with Gasteiger partial charge in [0.15, 0.2) is 0 Å². The van der Waals surface area contributed by atoms with Crippen molar-refractivity contribution in [2.24, 2.45) is 0 Å². The van der Waals surface area contributed by atoms with E-state index in [1.807, 2.05) is 26.8 Å². The van der Waals surface area contributed by atoms with Crippen LogP contribution < -0.4 is 10.1 Å². The van der Waals surface area contributed by atoms with Gasteiger partial charge in [0, 0.05) is 17.3 Å². The molecule has 0 aliphatic carbocycles. The van der Waals surface area contributed by atoms with E-state index in [1.165, 1.54) is 0 Å². The summed E-state index contributed by atoms with van der Waals surface area (Å²) < 4.78 is 10.4. The van der Waals surface area contributed by atoms with Gasteiger partial charge in [0.2, 0.25) is 0 Å². The number of benzene rings is 1. The molecular weight excluding hydrogens is 230 g/mol. The summed E-state index contributed by atoms with van der Waals surface area (Å²) in [6, 6.07) is 5.31. The fourth-order valence-electron chi connectivity index (χ4n) is 1.38. The SMILES string of the molecule is C=Cc1ccc(NC(=O)OC(C)(C)C)cc1OC. The van der Waals surface area contributed by atoms with Crippen molar-refractivity contribution in [2.45, 2.75) is 26.4 Å². The maximum atomic E-state index is 11.6. The molecule has 1 amide bonds. The summed E-state index contributed by atoms with van der Waals surface area (Å²) in [5, 5.41) is 2.65. The van der Waals surface area contributed by atoms with Crippen LogP contribution in [0, 0.1) is 0 Å². The van der Waals surface area contributed by atoms with Gasteiger partial charge >= 0.3 is 6.09 Å². The first-order chi connectivity index (χ1) is 8.35. The van der Waals surface area contributed by atoms with Crippen molar-refractivity contribution in [3.63, 3.8) is 0 Å². The van der Waals surface area contributed by atoms with Gasteiger partial charge in [0.05, 0.1) is 7.11 Å². The van der Waals surface area contributed by atoms with E-state index in [9.17, 15) is 4.79 Å². The molecule has 0 aliphatic heterocycles. The first-order valence-corrected chi connectivity index (χ1v) is 5.66. The highest BCUT2D eigenvalue weighted by molar-refractivity contribution is 5.85. The lowest BCUT2D eigenvalue weighted by Crippen LogP contribution is -2.27. The Balaban J connectivity index is 2.80. The molecule has 18 heavy (non-hydrogen) atoms. The second kappa shape index (κ2) is 5.58. The molecular formula is C14H19NO3. The molecule has 1 aromatic carbocycles. The average Bonchev–Trinajstić information content (AvgIpc) is 2.26. The predicted molar refractivity (Wildman–Crippen MR) is 72.9 cm³/mol. The van der Waals surface area contributed by atoms with Crippen LogP contribution >= 0.6 is 0 Å². The zero-order valence-corrected chi connectivity index (χ0v) is 11.2. The van der Waals surface area contributed by atoms with Crippen molar-refractivity contribution >= 4 is 17.9 Å². The Bertz CT molecular complexity index is 447. The molecule has 98 valence electrons. The third kappa shape index (κ3) is 4.13. The number of rotatable bonds is 3. The average molecular weight is 249 g/mol. The topological polar surface area (TPSA) is 47.6 Å². The molecule has 0 saturated carbocycles. The van der Waals surface area contributed by atoms with Crippen LogP contribution in [-0.2, 0) is 4.74 Å². The third-order valence-electron chi connectivity index (χ3n) is 2.10. The van der Waals surface area contributed by atoms with Crippen LogP contribution in [0.25, 0.3) is 6.08 Å². The fourth-order valence-corrected chi connectivity index (χ4v) is 1.38. The Morgan fingerprint density at radius 1 is 1.39 bits per heavy atom. The van der Waals surface area contributed by atoms with Gasteiger partial charge in [0.25, 0.3) is 0 Å². The summed E-state index contributed by atoms with van der Waals surface area (Å²) in [5.74, 6) is 0.651. The minimum absolute atomic E-state index is 0.490. The van der Waals surface area contributed by atoms with E-state index in [4.69, 9.17) is 9.47 Å². The smallest absolute Gasteiger partial charge is 0.412 e. The van der Waals surface area contributed by atoms with E-state index in [-0.39, 0.29) is 0 Å². The Morgan fingerprint density at radius 3 is 2.56 bits per heavy atom. The number of hydrogen-bond acceptors (Lipinski definition) is 3. The quantitative estimate of drug-likeness (QED) is 0.888. The summed E-state index contributed by atoms with van der Waals surface area (Å²) >= 11 is 0. The van der Waals surface area contributed by atoms with E-state index in [0.717, 1.165) is 5.56 Å². The van der Waals surface area contributed by atoms with Crippen LogP contribution in [-0.4, -0.2) is 18.8 Å². The highest BCUT2D eigenvalue weighted by Gasteiger charge is 2.16. The Hall–Kier alpha value is -1.97. The van der Waals surface area contributed by atoms with Crippen molar-refractivity contribution in [1.29, 1.82) is 0 Å². The Labute approximate surface area is 108 Å². The van der Waals surface area contributed by atoms with Crippen LogP contribution in [0.4, 0.5) is 10.5 Å². The molecule has 0 atom stereocenters. The monoisotopic (exact) mass is 249 g/mol. The van der Waals surface area contributed by atoms with Gasteiger partial charge in [-0.3, -0.25) is 5.32 Å². The third-order valence-corrected chi connectivity index (χ3v) is 2.10. The predicted octanol–water partition coefficient (Wildman–Crippen LogP) is 3.69. The first kappa shape index (κ1) is 14.1. The summed E-state index contributed by atoms with van der Waals surface area (Å²) in [7, 11) is 1.57. The number of amides is 1. The number of methoxy groups -OCH3 is 1. The molecule has 1 rings (SSSR count). The van der Waals surface area contributed by atoms with Gasteiger partial charge in [-0.05, 0) is 32.9 Å². The van der Waals surface area contributed by atoms with Gasteiger partial charge < -0.3 is 9.47 Å². The van der Waals surface area contributed by atoms with Crippen LogP contribution in [0.15, 0.2) is 24.8 Å². The lowest BCUT2D eigenvalue weighted by Gasteiger charge is -2.19. The van der Waals surface area contributed by atoms with Crippen LogP contribution in [0.1, 0.15) is 26.3 Å². The Kier molecular flexibility index (Phi) is 4.37. The normalized spacial score (nSPS) is 10.7. The molecule has 0 heterocycles. The maximum Gasteiger partial charge on any atom is 0.412 e. The van der Waals surface area contributed by atoms with E-state index in [2.05, 4.69) is 11.9 Å². The van der Waals surface area contributed by atoms with E-state index >= 15 is 0 Å². The summed E-state index contributed by atoms with van der Waals surface area (Å²) in [6.07, 6.45) is 1.20. The van der Waals surface area contributed by atoms with Crippen molar-refractivity contribution in [2.75, 3.05) is 12.4 Å². The highest BCUT2D eigenvalue weighted by atomic mass is 16.6. The fraction of sp³-hybridized carbons (Fsp3) is 0.357. The summed E-state index contributed by atoms with van der Waals surface area (Å²) in [6.45, 7) is 9.13. The number of hydrogen-bond donors (Lipinski definition) is 1. The molecule has 0 fully saturated rings. The van der Waals surface area contributed by atoms with Crippen molar-refractivity contribution in [1.82, 2.24) is 0 Å². The lowest BCUT2D eigenvalue weighted by atomic mass is 10.2. The summed E-state index contributed by atoms with van der Waals surface area (Å²) in [4.78, 5) is 11.6. The molecule has 0 bridgehead atoms. The molecule has 0 unspecified atom stereocenters. The van der Waals surface area contributed by atoms with Gasteiger partial charge in [-0.1, -0.05) is 12.7 Å². The van der Waals surface area contributed by atoms with Crippen molar-refractivity contribution in [3.8, 4) is 5.75 Å². The molecule has 0 radical (unpaired) electrons. The Morgan fingerprint density at radius 2 is 2.06 bits per heavy atom. The molecule has 0 aromatic heterocycles. The number of carbonyl (C=O) groups excluding carboxylic acids is 1. The second-order valence-electron chi connectivity index (χ2n) is 4.79. The maximum absolute atomic E-state index is 11.6. The van der Waals surface area contributed by atoms with E-state index in [1.54, 1.807) is 25.3 Å². The molecule has 0 spiro atoms. The zero-order chi connectivity index (χ0) is 13.8. The molecule has 4 heteroatoms. The molecule has 4 nitrogen and oxygen atoms in total.